The Morgan fingerprint density at radius 3 is 2.71 bits per heavy atom. The van der Waals surface area contributed by atoms with Gasteiger partial charge in [-0.05, 0) is 6.92 Å². The number of esters is 1. The van der Waals surface area contributed by atoms with Crippen LogP contribution in [-0.4, -0.2) is 33.9 Å². The van der Waals surface area contributed by atoms with Crippen molar-refractivity contribution in [2.45, 2.75) is 13.3 Å². The van der Waals surface area contributed by atoms with Crippen molar-refractivity contribution in [3.8, 4) is 0 Å². The Morgan fingerprint density at radius 1 is 1.38 bits per heavy atom. The van der Waals surface area contributed by atoms with Gasteiger partial charge in [-0.25, -0.2) is 19.7 Å². The van der Waals surface area contributed by atoms with Gasteiger partial charge >= 0.3 is 5.97 Å². The number of aromatic nitrogens is 3. The van der Waals surface area contributed by atoms with E-state index in [1.54, 1.807) is 6.92 Å². The van der Waals surface area contributed by atoms with Crippen molar-refractivity contribution in [3.63, 3.8) is 0 Å². The average molecular weight is 327 g/mol. The lowest BCUT2D eigenvalue weighted by Gasteiger charge is -2.07. The van der Waals surface area contributed by atoms with E-state index in [-0.39, 0.29) is 23.8 Å². The SMILES string of the molecule is COC(=O)c1nccnc1NC(=O)Cc1sc(Cl)nc1C. The molecule has 0 saturated heterocycles. The summed E-state index contributed by atoms with van der Waals surface area (Å²) in [7, 11) is 1.23. The van der Waals surface area contributed by atoms with Crippen molar-refractivity contribution in [1.82, 2.24) is 15.0 Å². The Hall–Kier alpha value is -2.06. The molecule has 0 spiro atoms. The summed E-state index contributed by atoms with van der Waals surface area (Å²) in [6.45, 7) is 1.77. The molecule has 0 aliphatic heterocycles. The number of ether oxygens (including phenoxy) is 1. The molecule has 0 bridgehead atoms. The lowest BCUT2D eigenvalue weighted by Crippen LogP contribution is -2.19. The molecule has 0 fully saturated rings. The maximum Gasteiger partial charge on any atom is 0.360 e. The third-order valence-electron chi connectivity index (χ3n) is 2.52. The third kappa shape index (κ3) is 3.73. The van der Waals surface area contributed by atoms with Crippen molar-refractivity contribution in [2.24, 2.45) is 0 Å². The molecule has 7 nitrogen and oxygen atoms in total. The van der Waals surface area contributed by atoms with E-state index in [1.165, 1.54) is 30.8 Å². The number of thiazole rings is 1. The van der Waals surface area contributed by atoms with Gasteiger partial charge in [0.25, 0.3) is 0 Å². The van der Waals surface area contributed by atoms with E-state index in [9.17, 15) is 9.59 Å². The molecule has 2 aromatic heterocycles. The molecule has 1 amide bonds. The number of methoxy groups -OCH3 is 1. The van der Waals surface area contributed by atoms with Gasteiger partial charge in [0.05, 0.1) is 19.2 Å². The zero-order valence-electron chi connectivity index (χ0n) is 11.2. The third-order valence-corrected chi connectivity index (χ3v) is 3.78. The van der Waals surface area contributed by atoms with Crippen LogP contribution in [0.25, 0.3) is 0 Å². The molecule has 2 rings (SSSR count). The Balaban J connectivity index is 2.13. The molecular weight excluding hydrogens is 316 g/mol. The lowest BCUT2D eigenvalue weighted by molar-refractivity contribution is -0.115. The van der Waals surface area contributed by atoms with Gasteiger partial charge in [0.1, 0.15) is 0 Å². The van der Waals surface area contributed by atoms with E-state index in [2.05, 4.69) is 25.0 Å². The normalized spacial score (nSPS) is 10.2. The Morgan fingerprint density at radius 2 is 2.10 bits per heavy atom. The maximum absolute atomic E-state index is 12.0. The number of amides is 1. The van der Waals surface area contributed by atoms with Gasteiger partial charge in [-0.15, -0.1) is 11.3 Å². The summed E-state index contributed by atoms with van der Waals surface area (Å²) >= 11 is 7.02. The molecule has 110 valence electrons. The predicted octanol–water partition coefficient (Wildman–Crippen LogP) is 1.86. The smallest absolute Gasteiger partial charge is 0.360 e. The number of nitrogens with zero attached hydrogens (tertiary/aromatic N) is 3. The van der Waals surface area contributed by atoms with Gasteiger partial charge in [-0.3, -0.25) is 4.79 Å². The summed E-state index contributed by atoms with van der Waals surface area (Å²) in [5, 5.41) is 2.53. The van der Waals surface area contributed by atoms with E-state index in [0.29, 0.717) is 10.2 Å². The second-order valence-corrected chi connectivity index (χ2v) is 5.61. The summed E-state index contributed by atoms with van der Waals surface area (Å²) in [6, 6.07) is 0. The lowest BCUT2D eigenvalue weighted by atomic mass is 10.3. The van der Waals surface area contributed by atoms with E-state index >= 15 is 0 Å². The predicted molar refractivity (Wildman–Crippen MR) is 77.6 cm³/mol. The molecule has 1 N–H and O–H groups in total. The van der Waals surface area contributed by atoms with E-state index in [4.69, 9.17) is 11.6 Å². The number of carbonyl (C=O) groups excluding carboxylic acids is 2. The number of halogens is 1. The van der Waals surface area contributed by atoms with Crippen molar-refractivity contribution in [3.05, 3.63) is 33.1 Å². The van der Waals surface area contributed by atoms with Crippen molar-refractivity contribution in [2.75, 3.05) is 12.4 Å². The first-order valence-corrected chi connectivity index (χ1v) is 7.01. The number of carbonyl (C=O) groups is 2. The van der Waals surface area contributed by atoms with Crippen LogP contribution in [0.1, 0.15) is 21.1 Å². The van der Waals surface area contributed by atoms with Crippen LogP contribution >= 0.6 is 22.9 Å². The quantitative estimate of drug-likeness (QED) is 0.862. The summed E-state index contributed by atoms with van der Waals surface area (Å²) in [5.74, 6) is -0.956. The average Bonchev–Trinajstić information content (AvgIpc) is 2.76. The monoisotopic (exact) mass is 326 g/mol. The number of nitrogens with one attached hydrogen (secondary N) is 1. The second kappa shape index (κ2) is 6.59. The van der Waals surface area contributed by atoms with Gasteiger partial charge in [-0.1, -0.05) is 11.6 Å². The zero-order valence-corrected chi connectivity index (χ0v) is 12.8. The Labute approximate surface area is 129 Å². The molecule has 21 heavy (non-hydrogen) atoms. The van der Waals surface area contributed by atoms with Gasteiger partial charge in [0, 0.05) is 17.3 Å². The Kier molecular flexibility index (Phi) is 4.81. The first kappa shape index (κ1) is 15.3. The first-order valence-electron chi connectivity index (χ1n) is 5.82. The summed E-state index contributed by atoms with van der Waals surface area (Å²) in [4.78, 5) is 36.1. The highest BCUT2D eigenvalue weighted by molar-refractivity contribution is 7.15. The highest BCUT2D eigenvalue weighted by Crippen LogP contribution is 2.23. The van der Waals surface area contributed by atoms with Crippen LogP contribution in [0.5, 0.6) is 0 Å². The molecule has 0 saturated carbocycles. The molecule has 0 radical (unpaired) electrons. The van der Waals surface area contributed by atoms with E-state index in [0.717, 1.165) is 4.88 Å². The van der Waals surface area contributed by atoms with Crippen LogP contribution in [0.3, 0.4) is 0 Å². The van der Waals surface area contributed by atoms with Crippen LogP contribution in [0.4, 0.5) is 5.82 Å². The fraction of sp³-hybridized carbons (Fsp3) is 0.250. The summed E-state index contributed by atoms with van der Waals surface area (Å²) in [5.41, 5.74) is 0.653. The molecule has 0 atom stereocenters. The van der Waals surface area contributed by atoms with Gasteiger partial charge in [0.2, 0.25) is 5.91 Å². The van der Waals surface area contributed by atoms with E-state index in [1.807, 2.05) is 0 Å². The highest BCUT2D eigenvalue weighted by atomic mass is 35.5. The minimum Gasteiger partial charge on any atom is -0.464 e. The van der Waals surface area contributed by atoms with Crippen LogP contribution in [0.2, 0.25) is 4.47 Å². The molecule has 0 aromatic carbocycles. The second-order valence-electron chi connectivity index (χ2n) is 3.95. The molecule has 2 aromatic rings. The molecule has 2 heterocycles. The van der Waals surface area contributed by atoms with Crippen molar-refractivity contribution in [1.29, 1.82) is 0 Å². The maximum atomic E-state index is 12.0. The van der Waals surface area contributed by atoms with Crippen LogP contribution in [0, 0.1) is 6.92 Å². The van der Waals surface area contributed by atoms with Gasteiger partial charge in [-0.2, -0.15) is 0 Å². The molecule has 0 aliphatic rings. The fourth-order valence-corrected chi connectivity index (χ4v) is 2.74. The topological polar surface area (TPSA) is 94.1 Å². The number of hydrogen-bond acceptors (Lipinski definition) is 7. The summed E-state index contributed by atoms with van der Waals surface area (Å²) in [6.07, 6.45) is 2.80. The molecule has 9 heteroatoms. The summed E-state index contributed by atoms with van der Waals surface area (Å²) < 4.78 is 4.96. The number of rotatable bonds is 4. The van der Waals surface area contributed by atoms with Crippen LogP contribution in [0.15, 0.2) is 12.4 Å². The van der Waals surface area contributed by atoms with Crippen LogP contribution in [-0.2, 0) is 16.0 Å². The van der Waals surface area contributed by atoms with Crippen molar-refractivity contribution < 1.29 is 14.3 Å². The minimum absolute atomic E-state index is 0.0487. The molecular formula is C12H11ClN4O3S. The molecule has 0 aliphatic carbocycles. The van der Waals surface area contributed by atoms with Gasteiger partial charge < -0.3 is 10.1 Å². The first-order chi connectivity index (χ1) is 10.0. The minimum atomic E-state index is -0.671. The zero-order chi connectivity index (χ0) is 15.4. The molecule has 0 unspecified atom stereocenters. The van der Waals surface area contributed by atoms with Crippen molar-refractivity contribution >= 4 is 40.6 Å². The standard InChI is InChI=1S/C12H11ClN4O3S/c1-6-7(21-12(13)16-6)5-8(18)17-10-9(11(19)20-2)14-3-4-15-10/h3-4H,5H2,1-2H3,(H,15,17,18). The number of hydrogen-bond donors (Lipinski definition) is 1. The largest absolute Gasteiger partial charge is 0.464 e. The highest BCUT2D eigenvalue weighted by Gasteiger charge is 2.18. The van der Waals surface area contributed by atoms with Crippen LogP contribution < -0.4 is 5.32 Å². The number of anilines is 1. The number of aryl methyl sites for hydroxylation is 1. The van der Waals surface area contributed by atoms with Gasteiger partial charge in [0.15, 0.2) is 16.0 Å². The van der Waals surface area contributed by atoms with E-state index < -0.39 is 5.97 Å². The fourth-order valence-electron chi connectivity index (χ4n) is 1.55. The Bertz CT molecular complexity index is 689.